The number of piperazine rings is 1. The van der Waals surface area contributed by atoms with E-state index in [2.05, 4.69) is 41.3 Å². The Kier molecular flexibility index (Phi) is 9.36. The monoisotopic (exact) mass is 438 g/mol. The minimum Gasteiger partial charge on any atom is -0.444 e. The topological polar surface area (TPSA) is 82.1 Å². The van der Waals surface area contributed by atoms with Crippen molar-refractivity contribution in [3.63, 3.8) is 0 Å². The molecule has 8 nitrogen and oxygen atoms in total. The van der Waals surface area contributed by atoms with Crippen molar-refractivity contribution in [3.8, 4) is 0 Å². The van der Waals surface area contributed by atoms with Gasteiger partial charge in [-0.1, -0.05) is 0 Å². The van der Waals surface area contributed by atoms with Crippen LogP contribution in [0.3, 0.4) is 0 Å². The van der Waals surface area contributed by atoms with Crippen molar-refractivity contribution in [3.05, 3.63) is 15.6 Å². The summed E-state index contributed by atoms with van der Waals surface area (Å²) in [5.74, 6) is 0.842. The zero-order chi connectivity index (χ0) is 22.1. The van der Waals surface area contributed by atoms with Gasteiger partial charge in [-0.25, -0.2) is 9.78 Å². The number of hydrogen-bond acceptors (Lipinski definition) is 6. The predicted molar refractivity (Wildman–Crippen MR) is 124 cm³/mol. The maximum absolute atomic E-state index is 12.2. The van der Waals surface area contributed by atoms with Gasteiger partial charge in [0, 0.05) is 57.1 Å². The third-order valence-electron chi connectivity index (χ3n) is 4.76. The molecular weight excluding hydrogens is 400 g/mol. The Bertz CT molecular complexity index is 685. The summed E-state index contributed by atoms with van der Waals surface area (Å²) in [6.07, 6.45) is 0.681. The lowest BCUT2D eigenvalue weighted by atomic mass is 10.2. The molecule has 1 aromatic rings. The van der Waals surface area contributed by atoms with Gasteiger partial charge in [0.1, 0.15) is 5.60 Å². The number of aromatic nitrogens is 1. The zero-order valence-corrected chi connectivity index (χ0v) is 20.2. The van der Waals surface area contributed by atoms with E-state index in [1.54, 1.807) is 16.2 Å². The number of carbonyl (C=O) groups excluding carboxylic acids is 1. The fraction of sp³-hybridized carbons (Fsp3) is 0.762. The molecule has 1 aromatic heterocycles. The molecule has 1 fully saturated rings. The van der Waals surface area contributed by atoms with E-state index in [0.29, 0.717) is 13.1 Å². The van der Waals surface area contributed by atoms with Crippen LogP contribution in [-0.2, 0) is 11.2 Å². The van der Waals surface area contributed by atoms with Crippen LogP contribution >= 0.6 is 11.3 Å². The summed E-state index contributed by atoms with van der Waals surface area (Å²) in [5, 5.41) is 7.86. The molecule has 0 spiro atoms. The summed E-state index contributed by atoms with van der Waals surface area (Å²) >= 11 is 1.77. The van der Waals surface area contributed by atoms with Gasteiger partial charge in [0.25, 0.3) is 0 Å². The normalized spacial score (nSPS) is 15.9. The minimum atomic E-state index is -0.449. The summed E-state index contributed by atoms with van der Waals surface area (Å²) in [6, 6.07) is 0. The highest BCUT2D eigenvalue weighted by Gasteiger charge is 2.25. The third-order valence-corrected chi connectivity index (χ3v) is 5.89. The molecule has 0 unspecified atom stereocenters. The van der Waals surface area contributed by atoms with E-state index >= 15 is 0 Å². The van der Waals surface area contributed by atoms with Crippen molar-refractivity contribution in [2.75, 3.05) is 52.4 Å². The van der Waals surface area contributed by atoms with Gasteiger partial charge in [0.15, 0.2) is 5.96 Å². The average molecular weight is 439 g/mol. The van der Waals surface area contributed by atoms with Crippen molar-refractivity contribution in [2.45, 2.75) is 53.6 Å². The van der Waals surface area contributed by atoms with Gasteiger partial charge in [-0.2, -0.15) is 0 Å². The second kappa shape index (κ2) is 11.5. The van der Waals surface area contributed by atoms with Gasteiger partial charge < -0.3 is 20.3 Å². The lowest BCUT2D eigenvalue weighted by Crippen LogP contribution is -2.50. The Balaban J connectivity index is 1.70. The van der Waals surface area contributed by atoms with Crippen LogP contribution in [0.1, 0.15) is 43.3 Å². The van der Waals surface area contributed by atoms with Crippen molar-refractivity contribution in [1.29, 1.82) is 0 Å². The first-order valence-corrected chi connectivity index (χ1v) is 11.6. The minimum absolute atomic E-state index is 0.218. The maximum atomic E-state index is 12.2. The molecule has 1 aliphatic heterocycles. The molecule has 0 aromatic carbocycles. The second-order valence-corrected chi connectivity index (χ2v) is 9.78. The number of aryl methyl sites for hydroxylation is 2. The number of guanidine groups is 1. The third kappa shape index (κ3) is 8.47. The SMILES string of the molecule is CCNC(=NCCN1CCN(C(=O)OC(C)(C)C)CC1)NCCc1nc(C)c(C)s1. The molecule has 30 heavy (non-hydrogen) atoms. The van der Waals surface area contributed by atoms with Crippen LogP contribution in [0.2, 0.25) is 0 Å². The van der Waals surface area contributed by atoms with E-state index < -0.39 is 5.60 Å². The number of aliphatic imine (C=N–C) groups is 1. The Morgan fingerprint density at radius 3 is 2.47 bits per heavy atom. The summed E-state index contributed by atoms with van der Waals surface area (Å²) in [6.45, 7) is 18.3. The summed E-state index contributed by atoms with van der Waals surface area (Å²) in [5.41, 5.74) is 0.679. The molecule has 0 atom stereocenters. The fourth-order valence-electron chi connectivity index (χ4n) is 3.06. The summed E-state index contributed by atoms with van der Waals surface area (Å²) in [4.78, 5) is 26.9. The molecule has 9 heteroatoms. The Hall–Kier alpha value is -1.87. The molecule has 0 aliphatic carbocycles. The van der Waals surface area contributed by atoms with Gasteiger partial charge in [-0.3, -0.25) is 9.89 Å². The predicted octanol–water partition coefficient (Wildman–Crippen LogP) is 2.41. The largest absolute Gasteiger partial charge is 0.444 e. The number of thiazole rings is 1. The average Bonchev–Trinajstić information content (AvgIpc) is 2.98. The molecule has 2 rings (SSSR count). The number of nitrogens with one attached hydrogen (secondary N) is 2. The first-order chi connectivity index (χ1) is 14.2. The Morgan fingerprint density at radius 1 is 1.20 bits per heavy atom. The summed E-state index contributed by atoms with van der Waals surface area (Å²) in [7, 11) is 0. The maximum Gasteiger partial charge on any atom is 0.410 e. The van der Waals surface area contributed by atoms with Crippen LogP contribution in [-0.4, -0.2) is 84.8 Å². The second-order valence-electron chi connectivity index (χ2n) is 8.50. The molecule has 0 saturated carbocycles. The summed E-state index contributed by atoms with van der Waals surface area (Å²) < 4.78 is 5.46. The highest BCUT2D eigenvalue weighted by atomic mass is 32.1. The Labute approximate surface area is 185 Å². The van der Waals surface area contributed by atoms with Gasteiger partial charge in [-0.15, -0.1) is 11.3 Å². The number of carbonyl (C=O) groups is 1. The molecule has 1 aliphatic rings. The molecule has 0 radical (unpaired) electrons. The molecule has 2 N–H and O–H groups in total. The Morgan fingerprint density at radius 2 is 1.90 bits per heavy atom. The van der Waals surface area contributed by atoms with Crippen molar-refractivity contribution in [2.24, 2.45) is 4.99 Å². The van der Waals surface area contributed by atoms with E-state index in [0.717, 1.165) is 62.4 Å². The van der Waals surface area contributed by atoms with Crippen molar-refractivity contribution < 1.29 is 9.53 Å². The first-order valence-electron chi connectivity index (χ1n) is 10.8. The van der Waals surface area contributed by atoms with Crippen LogP contribution in [0.4, 0.5) is 4.79 Å². The highest BCUT2D eigenvalue weighted by Crippen LogP contribution is 2.16. The van der Waals surface area contributed by atoms with E-state index in [-0.39, 0.29) is 6.09 Å². The van der Waals surface area contributed by atoms with Gasteiger partial charge >= 0.3 is 6.09 Å². The van der Waals surface area contributed by atoms with Gasteiger partial charge in [0.05, 0.1) is 17.2 Å². The number of ether oxygens (including phenoxy) is 1. The molecule has 170 valence electrons. The number of rotatable bonds is 7. The standard InChI is InChI=1S/C21H38N6O2S/c1-7-22-19(23-9-8-18-25-16(2)17(3)30-18)24-10-11-26-12-14-27(15-13-26)20(28)29-21(4,5)6/h7-15H2,1-6H3,(H2,22,23,24). The lowest BCUT2D eigenvalue weighted by molar-refractivity contribution is 0.0148. The highest BCUT2D eigenvalue weighted by molar-refractivity contribution is 7.11. The van der Waals surface area contributed by atoms with Crippen LogP contribution in [0.5, 0.6) is 0 Å². The first kappa shape index (κ1) is 24.4. The number of nitrogens with zero attached hydrogens (tertiary/aromatic N) is 4. The van der Waals surface area contributed by atoms with Crippen LogP contribution < -0.4 is 10.6 Å². The van der Waals surface area contributed by atoms with E-state index in [4.69, 9.17) is 9.73 Å². The van der Waals surface area contributed by atoms with Crippen LogP contribution in [0.25, 0.3) is 0 Å². The molecule has 1 amide bonds. The van der Waals surface area contributed by atoms with Crippen LogP contribution in [0.15, 0.2) is 4.99 Å². The number of amides is 1. The molecule has 1 saturated heterocycles. The van der Waals surface area contributed by atoms with Crippen molar-refractivity contribution in [1.82, 2.24) is 25.4 Å². The van der Waals surface area contributed by atoms with Gasteiger partial charge in [-0.05, 0) is 41.5 Å². The fourth-order valence-corrected chi connectivity index (χ4v) is 3.99. The van der Waals surface area contributed by atoms with Gasteiger partial charge in [0.2, 0.25) is 0 Å². The molecule has 0 bridgehead atoms. The smallest absolute Gasteiger partial charge is 0.410 e. The zero-order valence-electron chi connectivity index (χ0n) is 19.4. The van der Waals surface area contributed by atoms with Crippen LogP contribution in [0, 0.1) is 13.8 Å². The van der Waals surface area contributed by atoms with E-state index in [1.807, 2.05) is 20.8 Å². The quantitative estimate of drug-likeness (QED) is 0.503. The van der Waals surface area contributed by atoms with E-state index in [9.17, 15) is 4.79 Å². The lowest BCUT2D eigenvalue weighted by Gasteiger charge is -2.35. The molecule has 2 heterocycles. The van der Waals surface area contributed by atoms with E-state index in [1.165, 1.54) is 4.88 Å². The number of hydrogen-bond donors (Lipinski definition) is 2. The molecular formula is C21H38N6O2S. The van der Waals surface area contributed by atoms with Crippen molar-refractivity contribution >= 4 is 23.4 Å².